The summed E-state index contributed by atoms with van der Waals surface area (Å²) in [6.45, 7) is 7.43. The van der Waals surface area contributed by atoms with E-state index < -0.39 is 0 Å². The maximum atomic E-state index is 12.4. The maximum Gasteiger partial charge on any atom is 0.271 e. The number of ether oxygens (including phenoxy) is 1. The minimum absolute atomic E-state index is 0.202. The summed E-state index contributed by atoms with van der Waals surface area (Å²) in [6, 6.07) is 8.29. The smallest absolute Gasteiger partial charge is 0.271 e. The fourth-order valence-electron chi connectivity index (χ4n) is 3.31. The van der Waals surface area contributed by atoms with E-state index >= 15 is 0 Å². The number of aromatic nitrogens is 2. The van der Waals surface area contributed by atoms with Crippen LogP contribution in [-0.4, -0.2) is 52.3 Å². The molecule has 0 saturated carbocycles. The summed E-state index contributed by atoms with van der Waals surface area (Å²) in [5, 5.41) is 3.64. The van der Waals surface area contributed by atoms with Crippen LogP contribution >= 0.6 is 23.4 Å². The summed E-state index contributed by atoms with van der Waals surface area (Å²) >= 11 is 7.42. The van der Waals surface area contributed by atoms with Crippen molar-refractivity contribution >= 4 is 29.3 Å². The predicted octanol–water partition coefficient (Wildman–Crippen LogP) is 3.39. The summed E-state index contributed by atoms with van der Waals surface area (Å²) in [5.74, 6) is -0.303. The Morgan fingerprint density at radius 1 is 1.25 bits per heavy atom. The fraction of sp³-hybridized carbons (Fsp3) is 0.450. The number of halogens is 1. The molecule has 1 N–H and O–H groups in total. The molecule has 6 nitrogen and oxygen atoms in total. The van der Waals surface area contributed by atoms with Gasteiger partial charge in [0.1, 0.15) is 0 Å². The SMILES string of the molecule is CSc1ncc(Cl)c(C(=O)NCc2ccc(CN3C[C@H](C)O[C@@H](C)C3)cc2)n1. The highest BCUT2D eigenvalue weighted by molar-refractivity contribution is 7.98. The Kier molecular flexibility index (Phi) is 7.29. The van der Waals surface area contributed by atoms with Gasteiger partial charge in [0, 0.05) is 26.2 Å². The van der Waals surface area contributed by atoms with Crippen molar-refractivity contribution in [1.82, 2.24) is 20.2 Å². The lowest BCUT2D eigenvalue weighted by molar-refractivity contribution is -0.0704. The average molecular weight is 421 g/mol. The molecular formula is C20H25ClN4O2S. The minimum atomic E-state index is -0.303. The number of benzene rings is 1. The van der Waals surface area contributed by atoms with Crippen molar-refractivity contribution in [2.75, 3.05) is 19.3 Å². The molecule has 0 unspecified atom stereocenters. The van der Waals surface area contributed by atoms with E-state index in [9.17, 15) is 4.79 Å². The van der Waals surface area contributed by atoms with Crippen LogP contribution < -0.4 is 5.32 Å². The van der Waals surface area contributed by atoms with Gasteiger partial charge in [-0.05, 0) is 31.2 Å². The molecule has 0 radical (unpaired) electrons. The number of amides is 1. The van der Waals surface area contributed by atoms with Crippen LogP contribution in [0.25, 0.3) is 0 Å². The second kappa shape index (κ2) is 9.69. The Balaban J connectivity index is 1.55. The zero-order valence-corrected chi connectivity index (χ0v) is 17.9. The third-order valence-electron chi connectivity index (χ3n) is 4.50. The van der Waals surface area contributed by atoms with Gasteiger partial charge in [0.15, 0.2) is 10.9 Å². The van der Waals surface area contributed by atoms with Gasteiger partial charge in [-0.2, -0.15) is 0 Å². The first-order valence-corrected chi connectivity index (χ1v) is 10.8. The molecule has 2 atom stereocenters. The lowest BCUT2D eigenvalue weighted by atomic mass is 10.1. The van der Waals surface area contributed by atoms with Gasteiger partial charge in [-0.25, -0.2) is 9.97 Å². The number of carbonyl (C=O) groups is 1. The van der Waals surface area contributed by atoms with Crippen LogP contribution in [0.5, 0.6) is 0 Å². The van der Waals surface area contributed by atoms with Crippen molar-refractivity contribution in [1.29, 1.82) is 0 Å². The molecule has 1 aliphatic rings. The van der Waals surface area contributed by atoms with E-state index in [2.05, 4.69) is 46.2 Å². The van der Waals surface area contributed by atoms with Crippen LogP contribution in [0.2, 0.25) is 5.02 Å². The van der Waals surface area contributed by atoms with Gasteiger partial charge in [-0.1, -0.05) is 47.6 Å². The summed E-state index contributed by atoms with van der Waals surface area (Å²) in [5.41, 5.74) is 2.48. The number of rotatable bonds is 6. The molecule has 0 bridgehead atoms. The molecule has 2 heterocycles. The molecule has 1 aromatic heterocycles. The minimum Gasteiger partial charge on any atom is -0.373 e. The molecule has 0 aliphatic carbocycles. The van der Waals surface area contributed by atoms with Gasteiger partial charge in [0.25, 0.3) is 5.91 Å². The van der Waals surface area contributed by atoms with Crippen LogP contribution in [0.1, 0.15) is 35.5 Å². The van der Waals surface area contributed by atoms with Crippen molar-refractivity contribution in [3.8, 4) is 0 Å². The van der Waals surface area contributed by atoms with Gasteiger partial charge in [0.2, 0.25) is 0 Å². The summed E-state index contributed by atoms with van der Waals surface area (Å²) in [7, 11) is 0. The van der Waals surface area contributed by atoms with Gasteiger partial charge in [0.05, 0.1) is 23.4 Å². The molecule has 3 rings (SSSR count). The van der Waals surface area contributed by atoms with Crippen molar-refractivity contribution in [3.63, 3.8) is 0 Å². The number of hydrogen-bond donors (Lipinski definition) is 1. The van der Waals surface area contributed by atoms with Gasteiger partial charge >= 0.3 is 0 Å². The molecule has 28 heavy (non-hydrogen) atoms. The Morgan fingerprint density at radius 2 is 1.89 bits per heavy atom. The predicted molar refractivity (Wildman–Crippen MR) is 112 cm³/mol. The Labute approximate surface area is 175 Å². The Bertz CT molecular complexity index is 808. The van der Waals surface area contributed by atoms with Crippen LogP contribution in [0.3, 0.4) is 0 Å². The quantitative estimate of drug-likeness (QED) is 0.570. The second-order valence-corrected chi connectivity index (χ2v) is 8.18. The Morgan fingerprint density at radius 3 is 2.54 bits per heavy atom. The van der Waals surface area contributed by atoms with Gasteiger partial charge in [-0.3, -0.25) is 9.69 Å². The molecule has 1 saturated heterocycles. The van der Waals surface area contributed by atoms with Crippen LogP contribution in [0.4, 0.5) is 0 Å². The molecule has 1 fully saturated rings. The van der Waals surface area contributed by atoms with E-state index in [1.54, 1.807) is 0 Å². The van der Waals surface area contributed by atoms with E-state index in [1.807, 2.05) is 18.4 Å². The van der Waals surface area contributed by atoms with Gasteiger partial charge < -0.3 is 10.1 Å². The molecule has 8 heteroatoms. The van der Waals surface area contributed by atoms with Crippen molar-refractivity contribution in [2.24, 2.45) is 0 Å². The van der Waals surface area contributed by atoms with Crippen LogP contribution in [0.15, 0.2) is 35.6 Å². The Hall–Kier alpha value is -1.67. The molecule has 1 aliphatic heterocycles. The normalized spacial score (nSPS) is 20.1. The van der Waals surface area contributed by atoms with E-state index in [1.165, 1.54) is 23.5 Å². The number of morpholine rings is 1. The monoisotopic (exact) mass is 420 g/mol. The van der Waals surface area contributed by atoms with E-state index in [-0.39, 0.29) is 28.8 Å². The first-order chi connectivity index (χ1) is 13.4. The summed E-state index contributed by atoms with van der Waals surface area (Å²) in [6.07, 6.45) is 3.83. The lowest BCUT2D eigenvalue weighted by Gasteiger charge is -2.35. The van der Waals surface area contributed by atoms with E-state index in [4.69, 9.17) is 16.3 Å². The number of hydrogen-bond acceptors (Lipinski definition) is 6. The van der Waals surface area contributed by atoms with Crippen molar-refractivity contribution in [3.05, 3.63) is 52.3 Å². The maximum absolute atomic E-state index is 12.4. The number of nitrogens with zero attached hydrogens (tertiary/aromatic N) is 3. The standard InChI is InChI=1S/C20H25ClN4O2S/c1-13-10-25(11-14(2)27-13)12-16-6-4-15(5-7-16)8-22-19(26)18-17(21)9-23-20(24-18)28-3/h4-7,9,13-14H,8,10-12H2,1-3H3,(H,22,26)/t13-,14-/m0/s1. The number of thioether (sulfide) groups is 1. The number of carbonyl (C=O) groups excluding carboxylic acids is 1. The average Bonchev–Trinajstić information content (AvgIpc) is 2.67. The third kappa shape index (κ3) is 5.67. The highest BCUT2D eigenvalue weighted by Crippen LogP contribution is 2.17. The summed E-state index contributed by atoms with van der Waals surface area (Å²) in [4.78, 5) is 23.0. The van der Waals surface area contributed by atoms with Gasteiger partial charge in [-0.15, -0.1) is 0 Å². The molecule has 0 spiro atoms. The highest BCUT2D eigenvalue weighted by Gasteiger charge is 2.22. The first kappa shape index (κ1) is 21.0. The highest BCUT2D eigenvalue weighted by atomic mass is 35.5. The molecular weight excluding hydrogens is 396 g/mol. The van der Waals surface area contributed by atoms with E-state index in [0.29, 0.717) is 11.7 Å². The topological polar surface area (TPSA) is 67.4 Å². The van der Waals surface area contributed by atoms with Crippen molar-refractivity contribution in [2.45, 2.75) is 44.3 Å². The molecule has 150 valence electrons. The number of nitrogens with one attached hydrogen (secondary N) is 1. The van der Waals surface area contributed by atoms with Crippen LogP contribution in [0, 0.1) is 0 Å². The largest absolute Gasteiger partial charge is 0.373 e. The van der Waals surface area contributed by atoms with Crippen LogP contribution in [-0.2, 0) is 17.8 Å². The zero-order valence-electron chi connectivity index (χ0n) is 16.3. The second-order valence-electron chi connectivity index (χ2n) is 7.00. The van der Waals surface area contributed by atoms with E-state index in [0.717, 1.165) is 25.2 Å². The fourth-order valence-corrected chi connectivity index (χ4v) is 3.83. The lowest BCUT2D eigenvalue weighted by Crippen LogP contribution is -2.44. The molecule has 1 aromatic carbocycles. The van der Waals surface area contributed by atoms with Crippen molar-refractivity contribution < 1.29 is 9.53 Å². The first-order valence-electron chi connectivity index (χ1n) is 9.25. The third-order valence-corrected chi connectivity index (χ3v) is 5.34. The molecule has 1 amide bonds. The summed E-state index contributed by atoms with van der Waals surface area (Å²) < 4.78 is 5.79. The zero-order chi connectivity index (χ0) is 20.1. The molecule has 2 aromatic rings.